The molecular weight excluding hydrogens is 1670 g/mol. The van der Waals surface area contributed by atoms with E-state index in [1.54, 1.807) is 54.7 Å². The van der Waals surface area contributed by atoms with Crippen LogP contribution in [0.2, 0.25) is 0 Å². The number of carbonyl (C=O) groups is 21. The summed E-state index contributed by atoms with van der Waals surface area (Å²) in [7, 11) is 0. The normalized spacial score (nSPS) is 20.5. The summed E-state index contributed by atoms with van der Waals surface area (Å²) in [6.07, 6.45) is -3.03. The van der Waals surface area contributed by atoms with Gasteiger partial charge in [0.25, 0.3) is 0 Å². The number of ketones is 1. The lowest BCUT2D eigenvalue weighted by molar-refractivity contribution is -0.156. The minimum atomic E-state index is -2.51. The first-order valence-corrected chi connectivity index (χ1v) is 40.7. The number of Topliss-reactive ketones (excluding diaryl/α,β-unsaturated/α-hetero) is 1. The Bertz CT molecular complexity index is 4640. The van der Waals surface area contributed by atoms with Crippen LogP contribution in [0, 0.1) is 5.92 Å². The van der Waals surface area contributed by atoms with Crippen LogP contribution >= 0.6 is 0 Å². The van der Waals surface area contributed by atoms with E-state index in [1.165, 1.54) is 24.3 Å². The number of aromatic nitrogens is 1. The van der Waals surface area contributed by atoms with Gasteiger partial charge in [-0.15, -0.1) is 0 Å². The highest BCUT2D eigenvalue weighted by Gasteiger charge is 2.41. The van der Waals surface area contributed by atoms with E-state index in [0.29, 0.717) is 40.6 Å². The number of esters is 1. The van der Waals surface area contributed by atoms with Crippen molar-refractivity contribution >= 4 is 147 Å². The van der Waals surface area contributed by atoms with Gasteiger partial charge in [0, 0.05) is 59.8 Å². The molecule has 0 spiro atoms. The number of nitrogens with one attached hydrogen (secondary N) is 15. The lowest BCUT2D eigenvalue weighted by Gasteiger charge is -2.30. The number of aromatic amines is 1. The molecule has 1 fully saturated rings. The number of aliphatic carboxylic acids is 4. The number of unbranched alkanes of at least 4 members (excludes halogenated alkanes) is 6. The molecule has 0 saturated carbocycles. The molecule has 15 amide bonds. The zero-order chi connectivity index (χ0) is 94.3. The van der Waals surface area contributed by atoms with E-state index in [0.717, 1.165) is 52.9 Å². The van der Waals surface area contributed by atoms with Gasteiger partial charge in [-0.2, -0.15) is 0 Å². The molecule has 3 aromatic carbocycles. The van der Waals surface area contributed by atoms with Crippen molar-refractivity contribution in [3.05, 3.63) is 95.7 Å². The maximum Gasteiger partial charge on any atom is 0.329 e. The Morgan fingerprint density at radius 2 is 1.08 bits per heavy atom. The largest absolute Gasteiger partial charge is 0.481 e. The van der Waals surface area contributed by atoms with Crippen molar-refractivity contribution in [1.29, 1.82) is 0 Å². The van der Waals surface area contributed by atoms with E-state index < -0.39 is 273 Å². The van der Waals surface area contributed by atoms with E-state index in [9.17, 15) is 126 Å². The average Bonchev–Trinajstić information content (AvgIpc) is 1.74. The number of fused-ring (bicyclic) bond motifs is 1. The third kappa shape index (κ3) is 35.5. The summed E-state index contributed by atoms with van der Waals surface area (Å²) in [5, 5.41) is 81.8. The second kappa shape index (κ2) is 51.8. The topological polar surface area (TPSA) is 757 Å². The molecule has 28 N–H and O–H groups in total. The number of carbonyl (C=O) groups excluding carboxylic acids is 17. The van der Waals surface area contributed by atoms with Crippen LogP contribution in [-0.2, 0) is 113 Å². The number of benzene rings is 3. The number of para-hydroxylation sites is 2. The summed E-state index contributed by atoms with van der Waals surface area (Å²) in [4.78, 5) is 293. The Morgan fingerprint density at radius 3 is 1.69 bits per heavy atom. The van der Waals surface area contributed by atoms with Crippen LogP contribution in [0.3, 0.4) is 0 Å². The molecule has 127 heavy (non-hydrogen) atoms. The van der Waals surface area contributed by atoms with Gasteiger partial charge in [0.05, 0.1) is 57.8 Å². The number of ether oxygens (including phenoxy) is 1. The maximum absolute atomic E-state index is 15.0. The number of amides is 15. The third-order valence-corrected chi connectivity index (χ3v) is 19.9. The molecule has 46 nitrogen and oxygen atoms in total. The molecule has 14 unspecified atom stereocenters. The van der Waals surface area contributed by atoms with Crippen LogP contribution in [0.5, 0.6) is 0 Å². The summed E-state index contributed by atoms with van der Waals surface area (Å²) in [5.41, 5.74) is 25.4. The number of carboxylic acid groups (broad SMARTS) is 4. The van der Waals surface area contributed by atoms with Crippen molar-refractivity contribution in [2.75, 3.05) is 37.7 Å². The van der Waals surface area contributed by atoms with Crippen LogP contribution in [0.15, 0.2) is 79.0 Å². The Labute approximate surface area is 726 Å². The number of primary amides is 1. The number of carboxylic acids is 4. The monoisotopic (exact) mass is 1780 g/mol. The second-order valence-corrected chi connectivity index (χ2v) is 30.3. The highest BCUT2D eigenvalue weighted by Crippen LogP contribution is 2.22. The number of anilines is 2. The predicted molar refractivity (Wildman–Crippen MR) is 447 cm³/mol. The van der Waals surface area contributed by atoms with Crippen LogP contribution in [-0.4, -0.2) is 260 Å². The molecule has 5 rings (SSSR count). The van der Waals surface area contributed by atoms with Gasteiger partial charge in [0.15, 0.2) is 5.78 Å². The van der Waals surface area contributed by atoms with Crippen LogP contribution in [0.1, 0.15) is 152 Å². The number of nitrogen functional groups attached to an aromatic ring is 2. The number of nitrogens with two attached hydrogens (primary N) is 4. The standard InChI is InChI=1S/C81H111N19O27/c1-5-6-7-8-9-10-11-22-61(104)92-52(30-44-36-87-50-20-15-13-17-46(44)50)75(120)95-53(32-60(85)103)76(121)97-56(35-67(113)114)77(122)100-69-42(4)127-81(126)57(31-59(102)47-18-12-14-19-48(47)83)98-80(125)68(40(2)28-64(107)108)99-78(123)58(39-101)93-63(106)37-88-72(117)54(33-65(109)110)94-70(115)41(3)90-74(119)55(34-66(111)112)96-73(118)51(91-62(105)38-89-79(69)124)21-16-27-86-71(116)49(84)29-43-23-25-45(82)26-24-43/h12-15,17-20,23-26,36,40-42,49,51-58,68-69,87,101H,5-11,16,21-22,27-35,37-39,82-84H2,1-4H3,(H2,85,103)(H,86,116)(H,88,117)(H,89,124)(H,90,119)(H,91,105)(H,92,104)(H,93,106)(H,94,115)(H,95,120)(H,96,118)(H,97,121)(H,98,125)(H,99,123)(H,100,122)(H,107,108)(H,109,110)(H,111,112)(H,113,114). The maximum atomic E-state index is 15.0. The van der Waals surface area contributed by atoms with E-state index >= 15 is 0 Å². The quantitative estimate of drug-likeness (QED) is 0.00859. The molecule has 1 aromatic heterocycles. The number of cyclic esters (lactones) is 1. The fourth-order valence-corrected chi connectivity index (χ4v) is 13.1. The van der Waals surface area contributed by atoms with Crippen LogP contribution in [0.25, 0.3) is 10.9 Å². The van der Waals surface area contributed by atoms with Crippen molar-refractivity contribution in [3.8, 4) is 0 Å². The Kier molecular flexibility index (Phi) is 42.1. The molecular formula is C81H111N19O27. The predicted octanol–water partition coefficient (Wildman–Crippen LogP) is -5.31. The van der Waals surface area contributed by atoms with Gasteiger partial charge < -0.3 is 133 Å². The smallest absolute Gasteiger partial charge is 0.329 e. The lowest BCUT2D eigenvalue weighted by atomic mass is 9.96. The summed E-state index contributed by atoms with van der Waals surface area (Å²) in [6, 6.07) is -5.99. The number of hydrogen-bond donors (Lipinski definition) is 24. The fraction of sp³-hybridized carbons (Fsp3) is 0.494. The zero-order valence-corrected chi connectivity index (χ0v) is 70.2. The van der Waals surface area contributed by atoms with Crippen molar-refractivity contribution in [2.45, 2.75) is 222 Å². The van der Waals surface area contributed by atoms with Gasteiger partial charge in [0.2, 0.25) is 88.6 Å². The highest BCUT2D eigenvalue weighted by atomic mass is 16.5. The second-order valence-electron chi connectivity index (χ2n) is 30.3. The third-order valence-electron chi connectivity index (χ3n) is 19.9. The van der Waals surface area contributed by atoms with E-state index in [4.69, 9.17) is 27.7 Å². The summed E-state index contributed by atoms with van der Waals surface area (Å²) >= 11 is 0. The number of rotatable bonds is 39. The molecule has 692 valence electrons. The van der Waals surface area contributed by atoms with Crippen molar-refractivity contribution in [1.82, 2.24) is 79.4 Å². The van der Waals surface area contributed by atoms with Gasteiger partial charge >= 0.3 is 29.8 Å². The molecule has 14 atom stereocenters. The number of aliphatic hydroxyl groups is 1. The summed E-state index contributed by atoms with van der Waals surface area (Å²) < 4.78 is 5.73. The number of aliphatic hydroxyl groups excluding tert-OH is 1. The van der Waals surface area contributed by atoms with Crippen LogP contribution in [0.4, 0.5) is 11.4 Å². The van der Waals surface area contributed by atoms with Crippen molar-refractivity contribution in [2.24, 2.45) is 17.4 Å². The molecule has 0 bridgehead atoms. The van der Waals surface area contributed by atoms with Gasteiger partial charge in [-0.05, 0) is 86.9 Å². The minimum Gasteiger partial charge on any atom is -0.481 e. The van der Waals surface area contributed by atoms with Gasteiger partial charge in [-0.3, -0.25) is 95.9 Å². The molecule has 1 saturated heterocycles. The van der Waals surface area contributed by atoms with E-state index in [-0.39, 0.29) is 43.5 Å². The SMILES string of the molecule is CCCCCCCCCC(=O)NC(Cc1c[nH]c2ccccc12)C(=O)NC(CC(N)=O)C(=O)NC(CC(=O)O)C(=O)NC1C(=O)NCC(=O)NC(CCCNC(=O)C(N)Cc2ccc(N)cc2)C(=O)NC(CC(=O)O)C(=O)NC(C)C(=O)NC(CC(=O)O)C(=O)NCC(=O)NC(CO)C(=O)NC(C(C)CC(=O)O)C(=O)NC(CC(=O)c2ccccc2N)C(=O)OC1C. The lowest BCUT2D eigenvalue weighted by Crippen LogP contribution is -2.62. The molecule has 1 aliphatic rings. The molecule has 2 heterocycles. The average molecular weight is 1780 g/mol. The summed E-state index contributed by atoms with van der Waals surface area (Å²) in [5.74, 6) is -31.1. The van der Waals surface area contributed by atoms with Gasteiger partial charge in [0.1, 0.15) is 72.6 Å². The van der Waals surface area contributed by atoms with Crippen LogP contribution < -0.4 is 97.4 Å². The van der Waals surface area contributed by atoms with Crippen molar-refractivity contribution < 1.29 is 131 Å². The molecule has 46 heteroatoms. The first kappa shape index (κ1) is 103. The Morgan fingerprint density at radius 1 is 0.528 bits per heavy atom. The minimum absolute atomic E-state index is 0.00450. The molecule has 4 aromatic rings. The van der Waals surface area contributed by atoms with E-state index in [1.807, 2.05) is 16.0 Å². The molecule has 0 aliphatic carbocycles. The van der Waals surface area contributed by atoms with Gasteiger partial charge in [-0.1, -0.05) is 94.8 Å². The zero-order valence-electron chi connectivity index (χ0n) is 70.2. The fourth-order valence-electron chi connectivity index (χ4n) is 13.1. The molecule has 0 radical (unpaired) electrons. The molecule has 1 aliphatic heterocycles. The number of hydrogen-bond acceptors (Lipinski definition) is 26. The number of H-pyrrole nitrogens is 1. The Hall–Kier alpha value is -14.2. The van der Waals surface area contributed by atoms with Gasteiger partial charge in [-0.25, -0.2) is 4.79 Å². The van der Waals surface area contributed by atoms with E-state index in [2.05, 4.69) is 70.4 Å². The summed E-state index contributed by atoms with van der Waals surface area (Å²) in [6.45, 7) is 0.803. The highest BCUT2D eigenvalue weighted by molar-refractivity contribution is 6.05. The first-order chi connectivity index (χ1) is 60.1. The first-order valence-electron chi connectivity index (χ1n) is 40.7. The Balaban J connectivity index is 1.63. The van der Waals surface area contributed by atoms with Crippen molar-refractivity contribution in [3.63, 3.8) is 0 Å².